The Balaban J connectivity index is 2.28. The number of carbonyl (C=O) groups excluding carboxylic acids is 1. The SMILES string of the molecule is CCOC(=O)c1ccc(N2CCNCC2)c(F)c1F. The number of hydrogen-bond donors (Lipinski definition) is 1. The lowest BCUT2D eigenvalue weighted by Gasteiger charge is -2.29. The number of rotatable bonds is 3. The second kappa shape index (κ2) is 5.97. The van der Waals surface area contributed by atoms with Gasteiger partial charge in [-0.2, -0.15) is 0 Å². The zero-order valence-electron chi connectivity index (χ0n) is 10.7. The maximum atomic E-state index is 14.0. The standard InChI is InChI=1S/C13H16F2N2O2/c1-2-19-13(18)9-3-4-10(12(15)11(9)14)17-7-5-16-6-8-17/h3-4,16H,2,5-8H2,1H3. The predicted molar refractivity (Wildman–Crippen MR) is 67.4 cm³/mol. The van der Waals surface area contributed by atoms with E-state index >= 15 is 0 Å². The number of benzene rings is 1. The van der Waals surface area contributed by atoms with Gasteiger partial charge in [0.2, 0.25) is 0 Å². The number of halogens is 2. The molecule has 104 valence electrons. The quantitative estimate of drug-likeness (QED) is 0.846. The van der Waals surface area contributed by atoms with Crippen LogP contribution in [-0.4, -0.2) is 38.8 Å². The van der Waals surface area contributed by atoms with Crippen LogP contribution in [0.5, 0.6) is 0 Å². The van der Waals surface area contributed by atoms with E-state index in [0.29, 0.717) is 13.1 Å². The maximum absolute atomic E-state index is 14.0. The van der Waals surface area contributed by atoms with Crippen LogP contribution in [0.25, 0.3) is 0 Å². The fraction of sp³-hybridized carbons (Fsp3) is 0.462. The average molecular weight is 270 g/mol. The van der Waals surface area contributed by atoms with Crippen LogP contribution >= 0.6 is 0 Å². The normalized spacial score (nSPS) is 15.4. The van der Waals surface area contributed by atoms with Gasteiger partial charge >= 0.3 is 5.97 Å². The summed E-state index contributed by atoms with van der Waals surface area (Å²) in [5, 5.41) is 3.13. The Bertz CT molecular complexity index is 474. The summed E-state index contributed by atoms with van der Waals surface area (Å²) in [5.74, 6) is -2.98. The predicted octanol–water partition coefficient (Wildman–Crippen LogP) is 1.55. The van der Waals surface area contributed by atoms with Crippen molar-refractivity contribution < 1.29 is 18.3 Å². The van der Waals surface area contributed by atoms with Gasteiger partial charge in [-0.05, 0) is 19.1 Å². The van der Waals surface area contributed by atoms with E-state index in [1.165, 1.54) is 12.1 Å². The van der Waals surface area contributed by atoms with Crippen molar-refractivity contribution in [2.24, 2.45) is 0 Å². The molecule has 4 nitrogen and oxygen atoms in total. The average Bonchev–Trinajstić information content (AvgIpc) is 2.43. The summed E-state index contributed by atoms with van der Waals surface area (Å²) >= 11 is 0. The third-order valence-corrected chi connectivity index (χ3v) is 3.01. The third-order valence-electron chi connectivity index (χ3n) is 3.01. The van der Waals surface area contributed by atoms with Gasteiger partial charge in [0.25, 0.3) is 0 Å². The number of nitrogens with zero attached hydrogens (tertiary/aromatic N) is 1. The van der Waals surface area contributed by atoms with Gasteiger partial charge in [0.05, 0.1) is 17.9 Å². The van der Waals surface area contributed by atoms with E-state index in [2.05, 4.69) is 10.1 Å². The van der Waals surface area contributed by atoms with E-state index in [4.69, 9.17) is 0 Å². The van der Waals surface area contributed by atoms with E-state index in [0.717, 1.165) is 13.1 Å². The highest BCUT2D eigenvalue weighted by Gasteiger charge is 2.22. The Labute approximate surface area is 110 Å². The largest absolute Gasteiger partial charge is 0.462 e. The van der Waals surface area contributed by atoms with Crippen molar-refractivity contribution in [3.63, 3.8) is 0 Å². The van der Waals surface area contributed by atoms with Crippen molar-refractivity contribution in [1.29, 1.82) is 0 Å². The first-order valence-corrected chi connectivity index (χ1v) is 6.26. The van der Waals surface area contributed by atoms with Gasteiger partial charge in [0.15, 0.2) is 11.6 Å². The molecule has 1 saturated heterocycles. The van der Waals surface area contributed by atoms with Crippen molar-refractivity contribution in [2.45, 2.75) is 6.92 Å². The molecule has 0 unspecified atom stereocenters. The number of nitrogens with one attached hydrogen (secondary N) is 1. The van der Waals surface area contributed by atoms with Crippen LogP contribution in [-0.2, 0) is 4.74 Å². The Kier molecular flexibility index (Phi) is 4.31. The Morgan fingerprint density at radius 2 is 2.00 bits per heavy atom. The van der Waals surface area contributed by atoms with Crippen LogP contribution in [0.15, 0.2) is 12.1 Å². The fourth-order valence-corrected chi connectivity index (χ4v) is 2.06. The van der Waals surface area contributed by atoms with Crippen molar-refractivity contribution in [3.8, 4) is 0 Å². The summed E-state index contributed by atoms with van der Waals surface area (Å²) in [4.78, 5) is 13.2. The smallest absolute Gasteiger partial charge is 0.341 e. The molecule has 0 bridgehead atoms. The molecule has 1 aromatic carbocycles. The van der Waals surface area contributed by atoms with E-state index in [-0.39, 0.29) is 17.9 Å². The molecule has 0 radical (unpaired) electrons. The highest BCUT2D eigenvalue weighted by atomic mass is 19.2. The molecule has 0 amide bonds. The highest BCUT2D eigenvalue weighted by molar-refractivity contribution is 5.90. The molecule has 0 atom stereocenters. The summed E-state index contributed by atoms with van der Waals surface area (Å²) in [6, 6.07) is 2.70. The van der Waals surface area contributed by atoms with Crippen LogP contribution in [0.1, 0.15) is 17.3 Å². The molecular weight excluding hydrogens is 254 g/mol. The highest BCUT2D eigenvalue weighted by Crippen LogP contribution is 2.25. The fourth-order valence-electron chi connectivity index (χ4n) is 2.06. The van der Waals surface area contributed by atoms with Crippen LogP contribution < -0.4 is 10.2 Å². The monoisotopic (exact) mass is 270 g/mol. The van der Waals surface area contributed by atoms with Crippen LogP contribution in [0.4, 0.5) is 14.5 Å². The molecule has 2 rings (SSSR count). The number of carbonyl (C=O) groups is 1. The van der Waals surface area contributed by atoms with Gasteiger partial charge in [0, 0.05) is 26.2 Å². The summed E-state index contributed by atoms with van der Waals surface area (Å²) in [7, 11) is 0. The Morgan fingerprint density at radius 1 is 1.32 bits per heavy atom. The minimum Gasteiger partial charge on any atom is -0.462 e. The van der Waals surface area contributed by atoms with Crippen molar-refractivity contribution >= 4 is 11.7 Å². The van der Waals surface area contributed by atoms with Crippen LogP contribution in [0.2, 0.25) is 0 Å². The molecule has 19 heavy (non-hydrogen) atoms. The molecular formula is C13H16F2N2O2. The third kappa shape index (κ3) is 2.84. The number of hydrogen-bond acceptors (Lipinski definition) is 4. The first kappa shape index (κ1) is 13.7. The number of ether oxygens (including phenoxy) is 1. The molecule has 0 saturated carbocycles. The number of esters is 1. The molecule has 1 aliphatic heterocycles. The zero-order valence-corrected chi connectivity index (χ0v) is 10.7. The topological polar surface area (TPSA) is 41.6 Å². The van der Waals surface area contributed by atoms with E-state index < -0.39 is 17.6 Å². The second-order valence-corrected chi connectivity index (χ2v) is 4.22. The minimum atomic E-state index is -1.14. The molecule has 1 fully saturated rings. The van der Waals surface area contributed by atoms with Crippen molar-refractivity contribution in [3.05, 3.63) is 29.3 Å². The number of piperazine rings is 1. The molecule has 1 N–H and O–H groups in total. The molecule has 0 aromatic heterocycles. The van der Waals surface area contributed by atoms with Crippen LogP contribution in [0, 0.1) is 11.6 Å². The van der Waals surface area contributed by atoms with Gasteiger partial charge in [-0.25, -0.2) is 13.6 Å². The van der Waals surface area contributed by atoms with Gasteiger partial charge in [0.1, 0.15) is 0 Å². The van der Waals surface area contributed by atoms with E-state index in [1.807, 2.05) is 0 Å². The summed E-state index contributed by atoms with van der Waals surface area (Å²) in [6.45, 7) is 4.40. The summed E-state index contributed by atoms with van der Waals surface area (Å²) in [5.41, 5.74) is -0.176. The first-order chi connectivity index (χ1) is 9.15. The summed E-state index contributed by atoms with van der Waals surface area (Å²) < 4.78 is 32.6. The van der Waals surface area contributed by atoms with E-state index in [9.17, 15) is 13.6 Å². The lowest BCUT2D eigenvalue weighted by molar-refractivity contribution is 0.0520. The van der Waals surface area contributed by atoms with Crippen LogP contribution in [0.3, 0.4) is 0 Å². The van der Waals surface area contributed by atoms with Crippen molar-refractivity contribution in [1.82, 2.24) is 5.32 Å². The number of anilines is 1. The maximum Gasteiger partial charge on any atom is 0.341 e. The second-order valence-electron chi connectivity index (χ2n) is 4.22. The lowest BCUT2D eigenvalue weighted by Crippen LogP contribution is -2.44. The van der Waals surface area contributed by atoms with Gasteiger partial charge in [-0.1, -0.05) is 0 Å². The van der Waals surface area contributed by atoms with Gasteiger partial charge in [-0.3, -0.25) is 0 Å². The molecule has 0 aliphatic carbocycles. The van der Waals surface area contributed by atoms with E-state index in [1.54, 1.807) is 11.8 Å². The minimum absolute atomic E-state index is 0.124. The molecule has 1 aromatic rings. The Morgan fingerprint density at radius 3 is 2.63 bits per heavy atom. The van der Waals surface area contributed by atoms with Crippen molar-refractivity contribution in [2.75, 3.05) is 37.7 Å². The van der Waals surface area contributed by atoms with Gasteiger partial charge < -0.3 is 15.0 Å². The molecule has 1 heterocycles. The first-order valence-electron chi connectivity index (χ1n) is 6.26. The molecule has 0 spiro atoms. The zero-order chi connectivity index (χ0) is 13.8. The molecule has 6 heteroatoms. The lowest BCUT2D eigenvalue weighted by atomic mass is 10.1. The molecule has 1 aliphatic rings. The summed E-state index contributed by atoms with van der Waals surface area (Å²) in [6.07, 6.45) is 0. The van der Waals surface area contributed by atoms with Gasteiger partial charge in [-0.15, -0.1) is 0 Å². The Hall–Kier alpha value is -1.69.